The fraction of sp³-hybridized carbons (Fsp3) is 0.375. The van der Waals surface area contributed by atoms with Crippen LogP contribution in [0.3, 0.4) is 0 Å². The third-order valence-corrected chi connectivity index (χ3v) is 3.23. The Balaban J connectivity index is 2.12. The van der Waals surface area contributed by atoms with E-state index < -0.39 is 42.1 Å². The second kappa shape index (κ2) is 6.31. The highest BCUT2D eigenvalue weighted by Gasteiger charge is 2.38. The molecular weight excluding hydrogens is 316 g/mol. The number of aliphatic carboxylic acids is 1. The Morgan fingerprint density at radius 1 is 1.17 bits per heavy atom. The Morgan fingerprint density at radius 2 is 1.67 bits per heavy atom. The number of carboxylic acids is 1. The second-order valence-electron chi connectivity index (χ2n) is 6.30. The highest BCUT2D eigenvalue weighted by Crippen LogP contribution is 2.22. The lowest BCUT2D eigenvalue weighted by Gasteiger charge is -2.24. The molecule has 1 aromatic rings. The zero-order valence-electron chi connectivity index (χ0n) is 13.5. The van der Waals surface area contributed by atoms with E-state index in [1.807, 2.05) is 0 Å². The number of fused-ring (bicyclic) bond motifs is 1. The fourth-order valence-electron chi connectivity index (χ4n) is 2.22. The van der Waals surface area contributed by atoms with Crippen LogP contribution in [-0.2, 0) is 9.53 Å². The number of nitrogens with one attached hydrogen (secondary N) is 1. The number of hydrogen-bond donors (Lipinski definition) is 2. The number of imide groups is 1. The molecule has 8 heteroatoms. The lowest BCUT2D eigenvalue weighted by atomic mass is 10.1. The number of ether oxygens (including phenoxy) is 1. The highest BCUT2D eigenvalue weighted by molar-refractivity contribution is 6.21. The van der Waals surface area contributed by atoms with Crippen molar-refractivity contribution < 1.29 is 29.0 Å². The quantitative estimate of drug-likeness (QED) is 0.802. The van der Waals surface area contributed by atoms with Gasteiger partial charge < -0.3 is 15.2 Å². The van der Waals surface area contributed by atoms with Crippen LogP contribution in [0.25, 0.3) is 0 Å². The molecule has 3 amide bonds. The van der Waals surface area contributed by atoms with Gasteiger partial charge >= 0.3 is 12.1 Å². The summed E-state index contributed by atoms with van der Waals surface area (Å²) >= 11 is 0. The maximum atomic E-state index is 12.2. The van der Waals surface area contributed by atoms with Gasteiger partial charge in [0.2, 0.25) is 0 Å². The molecule has 0 aromatic heterocycles. The van der Waals surface area contributed by atoms with Gasteiger partial charge in [-0.1, -0.05) is 12.1 Å². The van der Waals surface area contributed by atoms with Gasteiger partial charge in [-0.05, 0) is 32.9 Å². The Labute approximate surface area is 138 Å². The molecule has 0 bridgehead atoms. The van der Waals surface area contributed by atoms with Crippen molar-refractivity contribution in [2.24, 2.45) is 0 Å². The summed E-state index contributed by atoms with van der Waals surface area (Å²) in [5.41, 5.74) is -0.379. The fourth-order valence-corrected chi connectivity index (χ4v) is 2.22. The van der Waals surface area contributed by atoms with Crippen LogP contribution in [0, 0.1) is 0 Å². The van der Waals surface area contributed by atoms with E-state index in [4.69, 9.17) is 4.74 Å². The Bertz CT molecular complexity index is 672. The van der Waals surface area contributed by atoms with Crippen LogP contribution in [0.2, 0.25) is 0 Å². The molecule has 0 radical (unpaired) electrons. The van der Waals surface area contributed by atoms with E-state index in [2.05, 4.69) is 5.32 Å². The topological polar surface area (TPSA) is 113 Å². The number of amides is 3. The van der Waals surface area contributed by atoms with Crippen molar-refractivity contribution in [3.63, 3.8) is 0 Å². The van der Waals surface area contributed by atoms with Gasteiger partial charge in [-0.25, -0.2) is 9.59 Å². The van der Waals surface area contributed by atoms with E-state index in [9.17, 15) is 24.3 Å². The Hall–Kier alpha value is -2.90. The molecule has 1 aromatic carbocycles. The molecule has 0 spiro atoms. The average Bonchev–Trinajstić information content (AvgIpc) is 2.70. The van der Waals surface area contributed by atoms with Gasteiger partial charge in [0.1, 0.15) is 11.6 Å². The van der Waals surface area contributed by atoms with E-state index >= 15 is 0 Å². The van der Waals surface area contributed by atoms with E-state index in [1.54, 1.807) is 32.9 Å². The van der Waals surface area contributed by atoms with E-state index in [0.29, 0.717) is 0 Å². The summed E-state index contributed by atoms with van der Waals surface area (Å²) in [5, 5.41) is 11.4. The predicted molar refractivity (Wildman–Crippen MR) is 82.6 cm³/mol. The maximum Gasteiger partial charge on any atom is 0.408 e. The van der Waals surface area contributed by atoms with E-state index in [-0.39, 0.29) is 11.1 Å². The molecule has 0 saturated heterocycles. The predicted octanol–water partition coefficient (Wildman–Crippen LogP) is 1.26. The number of rotatable bonds is 4. The van der Waals surface area contributed by atoms with Gasteiger partial charge in [0.05, 0.1) is 17.7 Å². The summed E-state index contributed by atoms with van der Waals surface area (Å²) in [7, 11) is 0. The van der Waals surface area contributed by atoms with Gasteiger partial charge in [-0.3, -0.25) is 14.5 Å². The molecule has 0 fully saturated rings. The van der Waals surface area contributed by atoms with Crippen molar-refractivity contribution in [1.29, 1.82) is 0 Å². The molecule has 1 atom stereocenters. The van der Waals surface area contributed by atoms with Crippen molar-refractivity contribution in [1.82, 2.24) is 10.2 Å². The van der Waals surface area contributed by atoms with Gasteiger partial charge in [0.15, 0.2) is 0 Å². The van der Waals surface area contributed by atoms with Crippen LogP contribution in [0.5, 0.6) is 0 Å². The lowest BCUT2D eigenvalue weighted by Crippen LogP contribution is -2.51. The molecule has 0 aliphatic carbocycles. The van der Waals surface area contributed by atoms with Crippen LogP contribution in [0.4, 0.5) is 4.79 Å². The molecule has 2 rings (SSSR count). The second-order valence-corrected chi connectivity index (χ2v) is 6.30. The monoisotopic (exact) mass is 334 g/mol. The number of carbonyl (C=O) groups excluding carboxylic acids is 3. The summed E-state index contributed by atoms with van der Waals surface area (Å²) in [6.07, 6.45) is -0.938. The van der Waals surface area contributed by atoms with E-state index in [0.717, 1.165) is 4.90 Å². The zero-order chi connectivity index (χ0) is 18.1. The molecule has 8 nitrogen and oxygen atoms in total. The largest absolute Gasteiger partial charge is 0.480 e. The van der Waals surface area contributed by atoms with Crippen molar-refractivity contribution in [3.8, 4) is 0 Å². The van der Waals surface area contributed by atoms with Gasteiger partial charge in [0, 0.05) is 0 Å². The van der Waals surface area contributed by atoms with Crippen molar-refractivity contribution >= 4 is 23.9 Å². The Morgan fingerprint density at radius 3 is 2.08 bits per heavy atom. The number of benzene rings is 1. The summed E-state index contributed by atoms with van der Waals surface area (Å²) < 4.78 is 5.00. The lowest BCUT2D eigenvalue weighted by molar-refractivity contribution is -0.139. The third-order valence-electron chi connectivity index (χ3n) is 3.23. The molecule has 128 valence electrons. The number of nitrogens with zero attached hydrogens (tertiary/aromatic N) is 1. The standard InChI is InChI=1S/C16H18N2O6/c1-16(2,3)24-15(23)17-11(14(21)22)8-18-12(19)9-6-4-5-7-10(9)13(18)20/h4-7,11H,8H2,1-3H3,(H,17,23)(H,21,22)/t11-/m1/s1. The smallest absolute Gasteiger partial charge is 0.408 e. The molecule has 0 saturated carbocycles. The number of carboxylic acid groups (broad SMARTS) is 1. The molecular formula is C16H18N2O6. The summed E-state index contributed by atoms with van der Waals surface area (Å²) in [4.78, 5) is 48.4. The first-order chi connectivity index (χ1) is 11.1. The highest BCUT2D eigenvalue weighted by atomic mass is 16.6. The molecule has 24 heavy (non-hydrogen) atoms. The molecule has 0 unspecified atom stereocenters. The minimum absolute atomic E-state index is 0.212. The minimum atomic E-state index is -1.47. The van der Waals surface area contributed by atoms with Gasteiger partial charge in [0.25, 0.3) is 11.8 Å². The Kier molecular flexibility index (Phi) is 4.59. The number of hydrogen-bond acceptors (Lipinski definition) is 5. The third kappa shape index (κ3) is 3.70. The van der Waals surface area contributed by atoms with Crippen LogP contribution < -0.4 is 5.32 Å². The van der Waals surface area contributed by atoms with Gasteiger partial charge in [-0.15, -0.1) is 0 Å². The first-order valence-electron chi connectivity index (χ1n) is 7.27. The van der Waals surface area contributed by atoms with Crippen LogP contribution in [0.1, 0.15) is 41.5 Å². The van der Waals surface area contributed by atoms with Crippen molar-refractivity contribution in [3.05, 3.63) is 35.4 Å². The van der Waals surface area contributed by atoms with Crippen LogP contribution in [0.15, 0.2) is 24.3 Å². The minimum Gasteiger partial charge on any atom is -0.480 e. The first kappa shape index (κ1) is 17.5. The zero-order valence-corrected chi connectivity index (χ0v) is 13.5. The van der Waals surface area contributed by atoms with Crippen LogP contribution >= 0.6 is 0 Å². The van der Waals surface area contributed by atoms with Crippen molar-refractivity contribution in [2.45, 2.75) is 32.4 Å². The molecule has 2 N–H and O–H groups in total. The number of alkyl carbamates (subject to hydrolysis) is 1. The SMILES string of the molecule is CC(C)(C)OC(=O)N[C@H](CN1C(=O)c2ccccc2C1=O)C(=O)O. The average molecular weight is 334 g/mol. The number of carbonyl (C=O) groups is 4. The van der Waals surface area contributed by atoms with Gasteiger partial charge in [-0.2, -0.15) is 0 Å². The summed E-state index contributed by atoms with van der Waals surface area (Å²) in [5.74, 6) is -2.56. The molecule has 1 aliphatic rings. The summed E-state index contributed by atoms with van der Waals surface area (Å²) in [6.45, 7) is 4.41. The summed E-state index contributed by atoms with van der Waals surface area (Å²) in [6, 6.07) is 4.74. The first-order valence-corrected chi connectivity index (χ1v) is 7.27. The normalized spacial score (nSPS) is 15.0. The molecule has 1 heterocycles. The van der Waals surface area contributed by atoms with Crippen LogP contribution in [-0.4, -0.2) is 52.1 Å². The van der Waals surface area contributed by atoms with Crippen molar-refractivity contribution in [2.75, 3.05) is 6.54 Å². The maximum absolute atomic E-state index is 12.2. The molecule has 1 aliphatic heterocycles. The van der Waals surface area contributed by atoms with E-state index in [1.165, 1.54) is 12.1 Å².